The lowest BCUT2D eigenvalue weighted by molar-refractivity contribution is 0.0762. The molecule has 2 aromatic carbocycles. The lowest BCUT2D eigenvalue weighted by Gasteiger charge is -2.22. The number of likely N-dealkylation sites (tertiary alicyclic amines) is 1. The summed E-state index contributed by atoms with van der Waals surface area (Å²) in [5, 5.41) is 2.86. The summed E-state index contributed by atoms with van der Waals surface area (Å²) < 4.78 is 27.4. The predicted octanol–water partition coefficient (Wildman–Crippen LogP) is 4.05. The van der Waals surface area contributed by atoms with Crippen molar-refractivity contribution in [3.63, 3.8) is 0 Å². The van der Waals surface area contributed by atoms with Crippen molar-refractivity contribution >= 4 is 27.5 Å². The first-order chi connectivity index (χ1) is 15.9. The molecule has 0 radical (unpaired) electrons. The molecule has 2 amide bonds. The van der Waals surface area contributed by atoms with E-state index in [1.54, 1.807) is 43.3 Å². The predicted molar refractivity (Wildman–Crippen MR) is 128 cm³/mol. The maximum absolute atomic E-state index is 13.2. The molecule has 2 aromatic rings. The van der Waals surface area contributed by atoms with Crippen LogP contribution >= 0.6 is 0 Å². The van der Waals surface area contributed by atoms with Crippen LogP contribution in [0.2, 0.25) is 0 Å². The zero-order valence-electron chi connectivity index (χ0n) is 19.0. The van der Waals surface area contributed by atoms with Crippen LogP contribution in [0.4, 0.5) is 5.69 Å². The molecular formula is C25H31N3O4S. The third-order valence-corrected chi connectivity index (χ3v) is 8.35. The van der Waals surface area contributed by atoms with Gasteiger partial charge in [0.2, 0.25) is 10.0 Å². The first kappa shape index (κ1) is 23.4. The lowest BCUT2D eigenvalue weighted by Crippen LogP contribution is -2.32. The summed E-state index contributed by atoms with van der Waals surface area (Å²) in [6.07, 6.45) is 5.91. The van der Waals surface area contributed by atoms with Gasteiger partial charge in [-0.15, -0.1) is 0 Å². The second-order valence-corrected chi connectivity index (χ2v) is 10.7. The van der Waals surface area contributed by atoms with Crippen molar-refractivity contribution in [1.29, 1.82) is 0 Å². The van der Waals surface area contributed by atoms with Gasteiger partial charge >= 0.3 is 0 Å². The molecule has 4 rings (SSSR count). The van der Waals surface area contributed by atoms with Crippen LogP contribution in [-0.4, -0.2) is 55.6 Å². The van der Waals surface area contributed by atoms with Crippen LogP contribution in [0.1, 0.15) is 64.8 Å². The van der Waals surface area contributed by atoms with Crippen LogP contribution in [0, 0.1) is 6.92 Å². The van der Waals surface area contributed by atoms with E-state index in [9.17, 15) is 18.0 Å². The van der Waals surface area contributed by atoms with Gasteiger partial charge in [-0.3, -0.25) is 9.59 Å². The minimum Gasteiger partial charge on any atom is -0.339 e. The molecule has 0 aromatic heterocycles. The molecule has 0 saturated carbocycles. The normalized spacial score (nSPS) is 17.5. The first-order valence-corrected chi connectivity index (χ1v) is 13.1. The molecule has 2 saturated heterocycles. The quantitative estimate of drug-likeness (QED) is 0.716. The molecular weight excluding hydrogens is 438 g/mol. The van der Waals surface area contributed by atoms with E-state index < -0.39 is 15.9 Å². The Labute approximate surface area is 195 Å². The number of hydrogen-bond donors (Lipinski definition) is 1. The Kier molecular flexibility index (Phi) is 7.14. The molecule has 33 heavy (non-hydrogen) atoms. The molecule has 7 nitrogen and oxygen atoms in total. The van der Waals surface area contributed by atoms with Crippen LogP contribution in [0.15, 0.2) is 47.4 Å². The molecule has 0 aliphatic carbocycles. The number of amides is 2. The van der Waals surface area contributed by atoms with Gasteiger partial charge in [0.25, 0.3) is 11.8 Å². The second kappa shape index (κ2) is 10.1. The standard InChI is InChI=1S/C25H31N3O4S/c1-19-12-13-20(33(31,32)28-16-8-9-17-28)18-22(19)24(29)26-23-11-5-4-10-21(23)25(30)27-14-6-2-3-7-15-27/h4-5,10-13,18H,2-3,6-9,14-17H2,1H3,(H,26,29). The number of benzene rings is 2. The Hall–Kier alpha value is -2.71. The molecule has 1 N–H and O–H groups in total. The zero-order valence-corrected chi connectivity index (χ0v) is 19.9. The van der Waals surface area contributed by atoms with Crippen molar-refractivity contribution in [2.24, 2.45) is 0 Å². The first-order valence-electron chi connectivity index (χ1n) is 11.7. The van der Waals surface area contributed by atoms with E-state index in [1.807, 2.05) is 4.90 Å². The fraction of sp³-hybridized carbons (Fsp3) is 0.440. The summed E-state index contributed by atoms with van der Waals surface area (Å²) in [6, 6.07) is 11.7. The average Bonchev–Trinajstić information content (AvgIpc) is 3.23. The lowest BCUT2D eigenvalue weighted by atomic mass is 10.1. The van der Waals surface area contributed by atoms with Crippen molar-refractivity contribution in [2.75, 3.05) is 31.5 Å². The number of aryl methyl sites for hydroxylation is 1. The van der Waals surface area contributed by atoms with Crippen molar-refractivity contribution in [2.45, 2.75) is 50.3 Å². The minimum atomic E-state index is -3.63. The summed E-state index contributed by atoms with van der Waals surface area (Å²) >= 11 is 0. The van der Waals surface area contributed by atoms with Gasteiger partial charge < -0.3 is 10.2 Å². The summed E-state index contributed by atoms with van der Waals surface area (Å²) in [5.74, 6) is -0.517. The van der Waals surface area contributed by atoms with Crippen molar-refractivity contribution in [3.05, 3.63) is 59.2 Å². The number of nitrogens with zero attached hydrogens (tertiary/aromatic N) is 2. The smallest absolute Gasteiger partial charge is 0.255 e. The van der Waals surface area contributed by atoms with Gasteiger partial charge in [0.15, 0.2) is 0 Å². The Morgan fingerprint density at radius 3 is 2.15 bits per heavy atom. The summed E-state index contributed by atoms with van der Waals surface area (Å²) in [5.41, 5.74) is 1.84. The highest BCUT2D eigenvalue weighted by Gasteiger charge is 2.28. The number of carbonyl (C=O) groups is 2. The number of para-hydroxylation sites is 1. The summed E-state index contributed by atoms with van der Waals surface area (Å²) in [6.45, 7) is 4.22. The van der Waals surface area contributed by atoms with Crippen LogP contribution in [0.5, 0.6) is 0 Å². The highest BCUT2D eigenvalue weighted by Crippen LogP contribution is 2.25. The average molecular weight is 470 g/mol. The zero-order chi connectivity index (χ0) is 23.4. The SMILES string of the molecule is Cc1ccc(S(=O)(=O)N2CCCC2)cc1C(=O)Nc1ccccc1C(=O)N1CCCCCC1. The molecule has 0 bridgehead atoms. The van der Waals surface area contributed by atoms with E-state index in [1.165, 1.54) is 10.4 Å². The van der Waals surface area contributed by atoms with Gasteiger partial charge in [0, 0.05) is 31.7 Å². The molecule has 2 fully saturated rings. The molecule has 0 unspecified atom stereocenters. The third kappa shape index (κ3) is 5.12. The van der Waals surface area contributed by atoms with Gasteiger partial charge in [-0.05, 0) is 62.4 Å². The van der Waals surface area contributed by atoms with E-state index in [0.29, 0.717) is 29.9 Å². The van der Waals surface area contributed by atoms with Crippen molar-refractivity contribution < 1.29 is 18.0 Å². The monoisotopic (exact) mass is 469 g/mol. The number of nitrogens with one attached hydrogen (secondary N) is 1. The summed E-state index contributed by atoms with van der Waals surface area (Å²) in [7, 11) is -3.63. The van der Waals surface area contributed by atoms with E-state index >= 15 is 0 Å². The van der Waals surface area contributed by atoms with E-state index in [-0.39, 0.29) is 16.4 Å². The van der Waals surface area contributed by atoms with Crippen molar-refractivity contribution in [3.8, 4) is 0 Å². The molecule has 2 aliphatic rings. The van der Waals surface area contributed by atoms with Crippen LogP contribution in [-0.2, 0) is 10.0 Å². The third-order valence-electron chi connectivity index (χ3n) is 6.46. The van der Waals surface area contributed by atoms with E-state index in [0.717, 1.165) is 51.6 Å². The van der Waals surface area contributed by atoms with Gasteiger partial charge in [-0.2, -0.15) is 4.31 Å². The number of anilines is 1. The molecule has 0 atom stereocenters. The fourth-order valence-corrected chi connectivity index (χ4v) is 6.04. The van der Waals surface area contributed by atoms with Gasteiger partial charge in [0.05, 0.1) is 16.1 Å². The Morgan fingerprint density at radius 2 is 1.45 bits per heavy atom. The maximum Gasteiger partial charge on any atom is 0.255 e. The maximum atomic E-state index is 13.2. The highest BCUT2D eigenvalue weighted by atomic mass is 32.2. The largest absolute Gasteiger partial charge is 0.339 e. The highest BCUT2D eigenvalue weighted by molar-refractivity contribution is 7.89. The molecule has 0 spiro atoms. The van der Waals surface area contributed by atoms with E-state index in [2.05, 4.69) is 5.32 Å². The van der Waals surface area contributed by atoms with Gasteiger partial charge in [0.1, 0.15) is 0 Å². The van der Waals surface area contributed by atoms with Gasteiger partial charge in [-0.1, -0.05) is 31.0 Å². The topological polar surface area (TPSA) is 86.8 Å². The van der Waals surface area contributed by atoms with Crippen molar-refractivity contribution in [1.82, 2.24) is 9.21 Å². The van der Waals surface area contributed by atoms with Crippen LogP contribution < -0.4 is 5.32 Å². The molecule has 176 valence electrons. The number of hydrogen-bond acceptors (Lipinski definition) is 4. The number of sulfonamides is 1. The molecule has 2 aliphatic heterocycles. The van der Waals surface area contributed by atoms with Crippen LogP contribution in [0.3, 0.4) is 0 Å². The Balaban J connectivity index is 1.58. The minimum absolute atomic E-state index is 0.0881. The van der Waals surface area contributed by atoms with E-state index in [4.69, 9.17) is 0 Å². The summed E-state index contributed by atoms with van der Waals surface area (Å²) in [4.78, 5) is 28.4. The fourth-order valence-electron chi connectivity index (χ4n) is 4.50. The number of carbonyl (C=O) groups excluding carboxylic acids is 2. The Morgan fingerprint density at radius 1 is 0.818 bits per heavy atom. The van der Waals surface area contributed by atoms with Gasteiger partial charge in [-0.25, -0.2) is 8.42 Å². The molecule has 8 heteroatoms. The Bertz CT molecular complexity index is 1130. The molecule has 2 heterocycles. The number of rotatable bonds is 5. The van der Waals surface area contributed by atoms with Crippen LogP contribution in [0.25, 0.3) is 0 Å². The second-order valence-electron chi connectivity index (χ2n) is 8.79.